The second kappa shape index (κ2) is 6.44. The fraction of sp³-hybridized carbons (Fsp3) is 0.409. The average Bonchev–Trinajstić information content (AvgIpc) is 3.15. The predicted molar refractivity (Wildman–Crippen MR) is 105 cm³/mol. The summed E-state index contributed by atoms with van der Waals surface area (Å²) in [5, 5.41) is 0. The molecule has 1 fully saturated rings. The third kappa shape index (κ3) is 2.88. The summed E-state index contributed by atoms with van der Waals surface area (Å²) in [6.07, 6.45) is 3.25. The molecular weight excluding hydrogens is 324 g/mol. The van der Waals surface area contributed by atoms with Gasteiger partial charge in [0.2, 0.25) is 0 Å². The van der Waals surface area contributed by atoms with E-state index in [2.05, 4.69) is 50.7 Å². The van der Waals surface area contributed by atoms with E-state index in [1.807, 2.05) is 13.0 Å². The zero-order chi connectivity index (χ0) is 18.4. The number of ether oxygens (including phenoxy) is 2. The quantitative estimate of drug-likeness (QED) is 0.690. The van der Waals surface area contributed by atoms with Gasteiger partial charge in [-0.15, -0.1) is 0 Å². The molecule has 4 nitrogen and oxygen atoms in total. The summed E-state index contributed by atoms with van der Waals surface area (Å²) in [7, 11) is 2.07. The molecule has 1 aliphatic heterocycles. The molecule has 0 N–H and O–H groups in total. The molecule has 136 valence electrons. The predicted octanol–water partition coefficient (Wildman–Crippen LogP) is 4.64. The normalized spacial score (nSPS) is 17.2. The van der Waals surface area contributed by atoms with Crippen molar-refractivity contribution in [3.63, 3.8) is 0 Å². The maximum absolute atomic E-state index is 6.29. The van der Waals surface area contributed by atoms with Crippen LogP contribution in [0.2, 0.25) is 0 Å². The lowest BCUT2D eigenvalue weighted by Gasteiger charge is -2.15. The topological polar surface area (TPSA) is 36.3 Å². The fourth-order valence-corrected chi connectivity index (χ4v) is 4.15. The lowest BCUT2D eigenvalue weighted by molar-refractivity contribution is 0.142. The number of nitrogens with zero attached hydrogens (tertiary/aromatic N) is 2. The van der Waals surface area contributed by atoms with Crippen molar-refractivity contribution in [2.24, 2.45) is 7.05 Å². The smallest absolute Gasteiger partial charge is 0.147 e. The molecule has 1 aliphatic rings. The fourth-order valence-electron chi connectivity index (χ4n) is 4.15. The molecule has 3 aromatic rings. The van der Waals surface area contributed by atoms with Crippen LogP contribution in [0, 0.1) is 27.7 Å². The van der Waals surface area contributed by atoms with Crippen LogP contribution in [-0.4, -0.2) is 28.9 Å². The van der Waals surface area contributed by atoms with Gasteiger partial charge < -0.3 is 14.0 Å². The van der Waals surface area contributed by atoms with Crippen LogP contribution < -0.4 is 4.74 Å². The molecule has 0 spiro atoms. The number of hydrogen-bond donors (Lipinski definition) is 0. The summed E-state index contributed by atoms with van der Waals surface area (Å²) in [5.74, 6) is 0.902. The SMILES string of the molecule is Cc1cc(C)c(-c2cn(C)c3c(O[C@H]4CCOC4)cc(C)nc23)c(C)c1. The Kier molecular flexibility index (Phi) is 4.23. The van der Waals surface area contributed by atoms with Crippen LogP contribution >= 0.6 is 0 Å². The van der Waals surface area contributed by atoms with E-state index in [0.29, 0.717) is 6.61 Å². The van der Waals surface area contributed by atoms with Gasteiger partial charge >= 0.3 is 0 Å². The van der Waals surface area contributed by atoms with Crippen LogP contribution in [0.4, 0.5) is 0 Å². The molecule has 4 heteroatoms. The first-order valence-corrected chi connectivity index (χ1v) is 9.23. The lowest BCUT2D eigenvalue weighted by atomic mass is 9.95. The summed E-state index contributed by atoms with van der Waals surface area (Å²) in [6.45, 7) is 9.97. The maximum atomic E-state index is 6.29. The maximum Gasteiger partial charge on any atom is 0.147 e. The Balaban J connectivity index is 1.92. The molecule has 3 heterocycles. The Morgan fingerprint density at radius 3 is 2.50 bits per heavy atom. The Morgan fingerprint density at radius 2 is 1.85 bits per heavy atom. The van der Waals surface area contributed by atoms with Gasteiger partial charge in [0.05, 0.1) is 13.2 Å². The van der Waals surface area contributed by atoms with Gasteiger partial charge in [-0.3, -0.25) is 4.98 Å². The molecule has 1 aromatic carbocycles. The summed E-state index contributed by atoms with van der Waals surface area (Å²) in [4.78, 5) is 4.88. The minimum absolute atomic E-state index is 0.126. The molecule has 1 atom stereocenters. The summed E-state index contributed by atoms with van der Waals surface area (Å²) < 4.78 is 13.9. The van der Waals surface area contributed by atoms with E-state index in [1.54, 1.807) is 0 Å². The first-order chi connectivity index (χ1) is 12.4. The van der Waals surface area contributed by atoms with E-state index in [-0.39, 0.29) is 6.10 Å². The molecule has 1 saturated heterocycles. The van der Waals surface area contributed by atoms with E-state index < -0.39 is 0 Å². The highest BCUT2D eigenvalue weighted by Gasteiger charge is 2.22. The van der Waals surface area contributed by atoms with Gasteiger partial charge in [0, 0.05) is 37.0 Å². The number of aryl methyl sites for hydroxylation is 5. The van der Waals surface area contributed by atoms with E-state index >= 15 is 0 Å². The van der Waals surface area contributed by atoms with Gasteiger partial charge in [-0.2, -0.15) is 0 Å². The molecule has 2 aromatic heterocycles. The summed E-state index contributed by atoms with van der Waals surface area (Å²) in [6, 6.07) is 6.52. The first-order valence-electron chi connectivity index (χ1n) is 9.23. The van der Waals surface area contributed by atoms with Crippen LogP contribution in [0.5, 0.6) is 5.75 Å². The monoisotopic (exact) mass is 350 g/mol. The van der Waals surface area contributed by atoms with E-state index in [9.17, 15) is 0 Å². The van der Waals surface area contributed by atoms with Gasteiger partial charge in [-0.1, -0.05) is 17.7 Å². The third-order valence-corrected chi connectivity index (χ3v) is 5.14. The Bertz CT molecular complexity index is 958. The van der Waals surface area contributed by atoms with Crippen molar-refractivity contribution in [3.8, 4) is 16.9 Å². The largest absolute Gasteiger partial charge is 0.486 e. The Morgan fingerprint density at radius 1 is 1.12 bits per heavy atom. The minimum atomic E-state index is 0.126. The first kappa shape index (κ1) is 17.1. The van der Waals surface area contributed by atoms with Crippen LogP contribution in [0.3, 0.4) is 0 Å². The van der Waals surface area contributed by atoms with Crippen molar-refractivity contribution in [1.29, 1.82) is 0 Å². The highest BCUT2D eigenvalue weighted by molar-refractivity contribution is 5.97. The number of aromatic nitrogens is 2. The molecule has 4 rings (SSSR count). The number of rotatable bonds is 3. The number of benzene rings is 1. The van der Waals surface area contributed by atoms with Gasteiger partial charge in [0.25, 0.3) is 0 Å². The zero-order valence-corrected chi connectivity index (χ0v) is 16.2. The van der Waals surface area contributed by atoms with Crippen LogP contribution in [0.1, 0.15) is 28.8 Å². The molecule has 0 radical (unpaired) electrons. The number of pyridine rings is 1. The Hall–Kier alpha value is -2.33. The van der Waals surface area contributed by atoms with Gasteiger partial charge in [0.1, 0.15) is 22.9 Å². The molecule has 26 heavy (non-hydrogen) atoms. The summed E-state index contributed by atoms with van der Waals surface area (Å²) in [5.41, 5.74) is 9.34. The second-order valence-electron chi connectivity index (χ2n) is 7.49. The molecule has 0 bridgehead atoms. The zero-order valence-electron chi connectivity index (χ0n) is 16.2. The van der Waals surface area contributed by atoms with Crippen LogP contribution in [0.15, 0.2) is 24.4 Å². The number of fused-ring (bicyclic) bond motifs is 1. The average molecular weight is 350 g/mol. The Labute approximate surface area is 154 Å². The molecule has 0 aliphatic carbocycles. The van der Waals surface area contributed by atoms with Crippen LogP contribution in [0.25, 0.3) is 22.2 Å². The molecule has 0 unspecified atom stereocenters. The minimum Gasteiger partial charge on any atom is -0.486 e. The summed E-state index contributed by atoms with van der Waals surface area (Å²) >= 11 is 0. The van der Waals surface area contributed by atoms with Crippen molar-refractivity contribution in [3.05, 3.63) is 46.8 Å². The van der Waals surface area contributed by atoms with Crippen molar-refractivity contribution < 1.29 is 9.47 Å². The van der Waals surface area contributed by atoms with Crippen molar-refractivity contribution in [2.45, 2.75) is 40.2 Å². The third-order valence-electron chi connectivity index (χ3n) is 5.14. The van der Waals surface area contributed by atoms with Crippen molar-refractivity contribution in [1.82, 2.24) is 9.55 Å². The van der Waals surface area contributed by atoms with Gasteiger partial charge in [0.15, 0.2) is 0 Å². The van der Waals surface area contributed by atoms with Crippen molar-refractivity contribution in [2.75, 3.05) is 13.2 Å². The highest BCUT2D eigenvalue weighted by atomic mass is 16.5. The van der Waals surface area contributed by atoms with Gasteiger partial charge in [-0.25, -0.2) is 0 Å². The molecule has 0 saturated carbocycles. The van der Waals surface area contributed by atoms with Crippen molar-refractivity contribution >= 4 is 11.0 Å². The molecule has 0 amide bonds. The standard InChI is InChI=1S/C22H26N2O2/c1-13-8-14(2)20(15(3)9-13)18-11-24(5)22-19(10-16(4)23-21(18)22)26-17-6-7-25-12-17/h8-11,17H,6-7,12H2,1-5H3/t17-/m0/s1. The lowest BCUT2D eigenvalue weighted by Crippen LogP contribution is -2.16. The van der Waals surface area contributed by atoms with Gasteiger partial charge in [-0.05, 0) is 44.4 Å². The highest BCUT2D eigenvalue weighted by Crippen LogP contribution is 2.38. The van der Waals surface area contributed by atoms with Crippen LogP contribution in [-0.2, 0) is 11.8 Å². The second-order valence-corrected chi connectivity index (χ2v) is 7.49. The van der Waals surface area contributed by atoms with E-state index in [1.165, 1.54) is 27.8 Å². The number of hydrogen-bond acceptors (Lipinski definition) is 3. The molecular formula is C22H26N2O2. The van der Waals surface area contributed by atoms with E-state index in [4.69, 9.17) is 14.5 Å². The van der Waals surface area contributed by atoms with E-state index in [0.717, 1.165) is 35.5 Å².